The van der Waals surface area contributed by atoms with Crippen LogP contribution in [0, 0.1) is 10.8 Å². The number of pyridine rings is 1. The van der Waals surface area contributed by atoms with E-state index in [0.29, 0.717) is 42.9 Å². The molecule has 3 aliphatic rings. The fourth-order valence-corrected chi connectivity index (χ4v) is 5.33. The topological polar surface area (TPSA) is 68.7 Å². The first-order valence-electron chi connectivity index (χ1n) is 12.2. The Balaban J connectivity index is 1.83. The van der Waals surface area contributed by atoms with Gasteiger partial charge in [-0.3, -0.25) is 9.78 Å². The summed E-state index contributed by atoms with van der Waals surface area (Å²) in [5.41, 5.74) is 6.13. The molecule has 0 bridgehead atoms. The van der Waals surface area contributed by atoms with Gasteiger partial charge >= 0.3 is 0 Å². The maximum Gasteiger partial charge on any atom is 0.240 e. The standard InChI is InChI=1S/C29H37NO4/c1-18(2)21(16-22-19(3)27(4,5)12-13-28(22,6)7)29(33-14-15-34-29)25-11-8-20(17-30-25)26-23(31)9-10-24(26)32/h8,11,16-17,31H,1,9-10,12-15H2,2-7H3/b21-16+. The number of allylic oxidation sites excluding steroid dienone is 5. The highest BCUT2D eigenvalue weighted by Gasteiger charge is 2.46. The predicted octanol–water partition coefficient (Wildman–Crippen LogP) is 6.58. The Bertz CT molecular complexity index is 1110. The summed E-state index contributed by atoms with van der Waals surface area (Å²) in [5, 5.41) is 10.2. The van der Waals surface area contributed by atoms with Crippen LogP contribution in [0.4, 0.5) is 0 Å². The molecular formula is C29H37NO4. The number of Topliss-reactive ketones (excluding diaryl/α,β-unsaturated/α-hetero) is 1. The van der Waals surface area contributed by atoms with Crippen LogP contribution >= 0.6 is 0 Å². The van der Waals surface area contributed by atoms with Crippen molar-refractivity contribution in [1.29, 1.82) is 0 Å². The highest BCUT2D eigenvalue weighted by Crippen LogP contribution is 2.51. The number of aromatic nitrogens is 1. The average Bonchev–Trinajstić information content (AvgIpc) is 3.39. The van der Waals surface area contributed by atoms with Crippen molar-refractivity contribution in [1.82, 2.24) is 4.98 Å². The number of aliphatic hydroxyl groups is 1. The van der Waals surface area contributed by atoms with E-state index in [9.17, 15) is 9.90 Å². The third kappa shape index (κ3) is 4.09. The summed E-state index contributed by atoms with van der Waals surface area (Å²) in [6.45, 7) is 18.6. The van der Waals surface area contributed by atoms with Crippen molar-refractivity contribution in [2.75, 3.05) is 13.2 Å². The molecule has 1 aromatic rings. The number of nitrogens with zero attached hydrogens (tertiary/aromatic N) is 1. The van der Waals surface area contributed by atoms with E-state index in [-0.39, 0.29) is 22.4 Å². The molecule has 1 fully saturated rings. The van der Waals surface area contributed by atoms with Crippen molar-refractivity contribution in [2.45, 2.75) is 73.0 Å². The number of rotatable bonds is 5. The SMILES string of the molecule is C=C(C)/C(=C\C1=C(C)C(C)(C)CCC1(C)C)C1(c2ccc(C3=C(O)CCC3=O)cn2)OCCO1. The molecule has 1 saturated heterocycles. The van der Waals surface area contributed by atoms with Crippen LogP contribution in [0.5, 0.6) is 0 Å². The molecule has 1 aliphatic heterocycles. The zero-order valence-electron chi connectivity index (χ0n) is 21.4. The molecule has 5 nitrogen and oxygen atoms in total. The second-order valence-corrected chi connectivity index (χ2v) is 11.1. The molecule has 182 valence electrons. The largest absolute Gasteiger partial charge is 0.512 e. The number of carbonyl (C=O) groups is 1. The Kier molecular flexibility index (Phi) is 6.24. The number of hydrogen-bond donors (Lipinski definition) is 1. The monoisotopic (exact) mass is 463 g/mol. The van der Waals surface area contributed by atoms with Gasteiger partial charge in [-0.2, -0.15) is 0 Å². The van der Waals surface area contributed by atoms with E-state index < -0.39 is 5.79 Å². The molecule has 2 heterocycles. The molecule has 34 heavy (non-hydrogen) atoms. The quantitative estimate of drug-likeness (QED) is 0.500. The first kappa shape index (κ1) is 24.6. The van der Waals surface area contributed by atoms with Crippen molar-refractivity contribution >= 4 is 11.4 Å². The zero-order chi connectivity index (χ0) is 24.9. The number of aliphatic hydroxyl groups excluding tert-OH is 1. The van der Waals surface area contributed by atoms with Crippen molar-refractivity contribution in [3.05, 3.63) is 70.3 Å². The predicted molar refractivity (Wildman–Crippen MR) is 134 cm³/mol. The van der Waals surface area contributed by atoms with Crippen LogP contribution < -0.4 is 0 Å². The molecule has 4 rings (SSSR count). The van der Waals surface area contributed by atoms with Gasteiger partial charge in [-0.25, -0.2) is 0 Å². The summed E-state index contributed by atoms with van der Waals surface area (Å²) >= 11 is 0. The van der Waals surface area contributed by atoms with Gasteiger partial charge in [-0.1, -0.05) is 45.9 Å². The molecule has 0 atom stereocenters. The van der Waals surface area contributed by atoms with Crippen molar-refractivity contribution < 1.29 is 19.4 Å². The van der Waals surface area contributed by atoms with Gasteiger partial charge in [0.25, 0.3) is 0 Å². The Morgan fingerprint density at radius 1 is 1.09 bits per heavy atom. The minimum absolute atomic E-state index is 0.0181. The lowest BCUT2D eigenvalue weighted by molar-refractivity contribution is -0.134. The second kappa shape index (κ2) is 8.62. The third-order valence-corrected chi connectivity index (χ3v) is 7.87. The number of ketones is 1. The minimum atomic E-state index is -1.16. The molecule has 0 saturated carbocycles. The van der Waals surface area contributed by atoms with Crippen LogP contribution in [0.25, 0.3) is 5.57 Å². The molecule has 1 aromatic heterocycles. The molecule has 5 heteroatoms. The van der Waals surface area contributed by atoms with E-state index in [0.717, 1.165) is 24.0 Å². The summed E-state index contributed by atoms with van der Waals surface area (Å²) in [6, 6.07) is 3.65. The van der Waals surface area contributed by atoms with Gasteiger partial charge < -0.3 is 14.6 Å². The van der Waals surface area contributed by atoms with E-state index in [2.05, 4.69) is 52.3 Å². The van der Waals surface area contributed by atoms with Crippen molar-refractivity contribution in [2.24, 2.45) is 10.8 Å². The highest BCUT2D eigenvalue weighted by atomic mass is 16.7. The summed E-state index contributed by atoms with van der Waals surface area (Å²) in [4.78, 5) is 16.9. The molecule has 0 amide bonds. The second-order valence-electron chi connectivity index (χ2n) is 11.1. The van der Waals surface area contributed by atoms with E-state index in [4.69, 9.17) is 9.47 Å². The van der Waals surface area contributed by atoms with E-state index >= 15 is 0 Å². The smallest absolute Gasteiger partial charge is 0.240 e. The van der Waals surface area contributed by atoms with Gasteiger partial charge in [-0.05, 0) is 60.8 Å². The maximum atomic E-state index is 12.2. The Labute approximate surface area is 203 Å². The summed E-state index contributed by atoms with van der Waals surface area (Å²) < 4.78 is 12.6. The third-order valence-electron chi connectivity index (χ3n) is 7.87. The van der Waals surface area contributed by atoms with E-state index in [1.807, 2.05) is 19.1 Å². The van der Waals surface area contributed by atoms with E-state index in [1.165, 1.54) is 11.1 Å². The molecule has 0 unspecified atom stereocenters. The lowest BCUT2D eigenvalue weighted by atomic mass is 9.63. The lowest BCUT2D eigenvalue weighted by Gasteiger charge is -2.43. The summed E-state index contributed by atoms with van der Waals surface area (Å²) in [7, 11) is 0. The first-order valence-corrected chi connectivity index (χ1v) is 12.2. The Morgan fingerprint density at radius 3 is 2.26 bits per heavy atom. The summed E-state index contributed by atoms with van der Waals surface area (Å²) in [5.74, 6) is -1.08. The van der Waals surface area contributed by atoms with Gasteiger partial charge in [0.15, 0.2) is 5.78 Å². The highest BCUT2D eigenvalue weighted by molar-refractivity contribution is 6.23. The van der Waals surface area contributed by atoms with Crippen LogP contribution in [0.2, 0.25) is 0 Å². The number of ether oxygens (including phenoxy) is 2. The molecular weight excluding hydrogens is 426 g/mol. The molecule has 0 spiro atoms. The van der Waals surface area contributed by atoms with Gasteiger partial charge in [0.2, 0.25) is 5.79 Å². The maximum absolute atomic E-state index is 12.2. The van der Waals surface area contributed by atoms with Crippen molar-refractivity contribution in [3.63, 3.8) is 0 Å². The fraction of sp³-hybridized carbons (Fsp3) is 0.517. The Hall–Kier alpha value is -2.50. The van der Waals surface area contributed by atoms with Crippen LogP contribution in [0.3, 0.4) is 0 Å². The Morgan fingerprint density at radius 2 is 1.74 bits per heavy atom. The first-order chi connectivity index (χ1) is 15.9. The van der Waals surface area contributed by atoms with E-state index in [1.54, 1.807) is 6.20 Å². The number of hydrogen-bond acceptors (Lipinski definition) is 5. The minimum Gasteiger partial charge on any atom is -0.512 e. The van der Waals surface area contributed by atoms with Crippen LogP contribution in [0.15, 0.2) is 59.0 Å². The van der Waals surface area contributed by atoms with Crippen LogP contribution in [0.1, 0.15) is 78.5 Å². The molecule has 0 aromatic carbocycles. The molecule has 0 radical (unpaired) electrons. The molecule has 1 N–H and O–H groups in total. The van der Waals surface area contributed by atoms with Crippen LogP contribution in [-0.4, -0.2) is 29.1 Å². The van der Waals surface area contributed by atoms with Crippen LogP contribution in [-0.2, 0) is 20.1 Å². The van der Waals surface area contributed by atoms with Gasteiger partial charge in [0, 0.05) is 30.2 Å². The van der Waals surface area contributed by atoms with Gasteiger partial charge in [0.05, 0.1) is 18.8 Å². The number of carbonyl (C=O) groups excluding carboxylic acids is 1. The summed E-state index contributed by atoms with van der Waals surface area (Å²) in [6.07, 6.45) is 6.81. The molecule has 2 aliphatic carbocycles. The van der Waals surface area contributed by atoms with Gasteiger partial charge in [0.1, 0.15) is 11.5 Å². The normalized spacial score (nSPS) is 24.2. The fourth-order valence-electron chi connectivity index (χ4n) is 5.33. The van der Waals surface area contributed by atoms with Crippen molar-refractivity contribution in [3.8, 4) is 0 Å². The lowest BCUT2D eigenvalue weighted by Crippen LogP contribution is -2.34. The zero-order valence-corrected chi connectivity index (χ0v) is 21.4. The van der Waals surface area contributed by atoms with Gasteiger partial charge in [-0.15, -0.1) is 0 Å². The average molecular weight is 464 g/mol.